The molecule has 3 aliphatic heterocycles. The normalized spacial score (nSPS) is 20.8. The number of carbonyl (C=O) groups is 2. The van der Waals surface area contributed by atoms with Crippen molar-refractivity contribution >= 4 is 28.4 Å². The van der Waals surface area contributed by atoms with Gasteiger partial charge >= 0.3 is 6.01 Å². The van der Waals surface area contributed by atoms with Crippen molar-refractivity contribution in [1.29, 1.82) is 5.26 Å². The van der Waals surface area contributed by atoms with Crippen LogP contribution in [-0.2, 0) is 17.9 Å². The maximum Gasteiger partial charge on any atom is 0.318 e. The summed E-state index contributed by atoms with van der Waals surface area (Å²) in [7, 11) is 2.11. The number of rotatable bonds is 6. The molecule has 2 amide bonds. The third-order valence-corrected chi connectivity index (χ3v) is 8.64. The Hall–Kier alpha value is -4.23. The second-order valence-electron chi connectivity index (χ2n) is 11.2. The lowest BCUT2D eigenvalue weighted by Crippen LogP contribution is -2.55. The molecule has 41 heavy (non-hydrogen) atoms. The lowest BCUT2D eigenvalue weighted by Gasteiger charge is -2.41. The van der Waals surface area contributed by atoms with E-state index in [0.29, 0.717) is 56.9 Å². The first kappa shape index (κ1) is 27.0. The molecule has 10 nitrogen and oxygen atoms in total. The van der Waals surface area contributed by atoms with Crippen molar-refractivity contribution in [2.24, 2.45) is 0 Å². The summed E-state index contributed by atoms with van der Waals surface area (Å²) in [5, 5.41) is 11.4. The Morgan fingerprint density at radius 3 is 2.66 bits per heavy atom. The molecule has 3 aliphatic rings. The van der Waals surface area contributed by atoms with Crippen LogP contribution >= 0.6 is 0 Å². The van der Waals surface area contributed by atoms with Crippen LogP contribution in [0.4, 0.5) is 5.82 Å². The molecule has 0 bridgehead atoms. The smallest absolute Gasteiger partial charge is 0.318 e. The fraction of sp³-hybridized carbons (Fsp3) is 0.452. The Balaban J connectivity index is 1.31. The van der Waals surface area contributed by atoms with Gasteiger partial charge in [-0.05, 0) is 43.3 Å². The highest BCUT2D eigenvalue weighted by Crippen LogP contribution is 2.34. The number of benzene rings is 2. The number of amides is 2. The molecule has 4 heterocycles. The summed E-state index contributed by atoms with van der Waals surface area (Å²) in [6.07, 6.45) is 2.46. The van der Waals surface area contributed by atoms with Gasteiger partial charge in [0.15, 0.2) is 0 Å². The zero-order valence-corrected chi connectivity index (χ0v) is 23.6. The molecule has 2 aromatic carbocycles. The molecule has 212 valence electrons. The second-order valence-corrected chi connectivity index (χ2v) is 11.2. The quantitative estimate of drug-likeness (QED) is 0.458. The zero-order chi connectivity index (χ0) is 28.5. The number of piperazine rings is 1. The minimum Gasteiger partial charge on any atom is -0.462 e. The van der Waals surface area contributed by atoms with E-state index in [9.17, 15) is 14.9 Å². The van der Waals surface area contributed by atoms with Crippen molar-refractivity contribution in [2.45, 2.75) is 51.4 Å². The van der Waals surface area contributed by atoms with E-state index >= 15 is 0 Å². The van der Waals surface area contributed by atoms with Gasteiger partial charge in [-0.25, -0.2) is 0 Å². The number of nitrogens with zero attached hydrogens (tertiary/aromatic N) is 7. The van der Waals surface area contributed by atoms with Crippen molar-refractivity contribution in [1.82, 2.24) is 24.7 Å². The van der Waals surface area contributed by atoms with E-state index < -0.39 is 0 Å². The molecule has 0 radical (unpaired) electrons. The summed E-state index contributed by atoms with van der Waals surface area (Å²) in [4.78, 5) is 43.8. The predicted molar refractivity (Wildman–Crippen MR) is 154 cm³/mol. The van der Waals surface area contributed by atoms with Crippen LogP contribution in [0.2, 0.25) is 0 Å². The van der Waals surface area contributed by atoms with Crippen LogP contribution in [0, 0.1) is 11.3 Å². The summed E-state index contributed by atoms with van der Waals surface area (Å²) in [6.45, 7) is 5.41. The minimum atomic E-state index is -0.233. The molecule has 0 spiro atoms. The Kier molecular flexibility index (Phi) is 7.45. The molecule has 6 rings (SSSR count). The van der Waals surface area contributed by atoms with Crippen LogP contribution in [0.25, 0.3) is 10.8 Å². The summed E-state index contributed by atoms with van der Waals surface area (Å²) < 4.78 is 6.18. The van der Waals surface area contributed by atoms with Crippen molar-refractivity contribution in [2.75, 3.05) is 44.7 Å². The first-order chi connectivity index (χ1) is 19.9. The lowest BCUT2D eigenvalue weighted by atomic mass is 10.0. The molecule has 0 saturated carbocycles. The van der Waals surface area contributed by atoms with Crippen molar-refractivity contribution < 1.29 is 14.3 Å². The molecular weight excluding hydrogens is 518 g/mol. The van der Waals surface area contributed by atoms with Crippen LogP contribution in [0.1, 0.15) is 47.8 Å². The predicted octanol–water partition coefficient (Wildman–Crippen LogP) is 3.21. The fourth-order valence-corrected chi connectivity index (χ4v) is 6.37. The van der Waals surface area contributed by atoms with E-state index in [4.69, 9.17) is 14.7 Å². The zero-order valence-electron chi connectivity index (χ0n) is 23.6. The van der Waals surface area contributed by atoms with Gasteiger partial charge in [0.05, 0.1) is 37.3 Å². The number of likely N-dealkylation sites (N-methyl/N-ethyl adjacent to an activating group) is 1. The van der Waals surface area contributed by atoms with E-state index in [-0.39, 0.29) is 24.3 Å². The van der Waals surface area contributed by atoms with Crippen molar-refractivity contribution in [3.8, 4) is 12.1 Å². The number of carbonyl (C=O) groups excluding carboxylic acids is 2. The number of aromatic nitrogens is 2. The SMILES string of the molecule is CC(=O)N1CCN(c2nc(OC[C@@H]3CCCN3C)nc3c2CN(C(=O)c2cccc4ccccc24)C3)C[C@@H]1CC#N. The molecule has 2 fully saturated rings. The Morgan fingerprint density at radius 2 is 1.88 bits per heavy atom. The summed E-state index contributed by atoms with van der Waals surface area (Å²) in [5.74, 6) is 0.642. The van der Waals surface area contributed by atoms with Gasteiger partial charge in [-0.2, -0.15) is 15.2 Å². The first-order valence-electron chi connectivity index (χ1n) is 14.3. The van der Waals surface area contributed by atoms with Crippen LogP contribution in [-0.4, -0.2) is 88.4 Å². The second kappa shape index (κ2) is 11.3. The fourth-order valence-electron chi connectivity index (χ4n) is 6.37. The van der Waals surface area contributed by atoms with Crippen LogP contribution in [0.5, 0.6) is 6.01 Å². The van der Waals surface area contributed by atoms with Crippen LogP contribution < -0.4 is 9.64 Å². The van der Waals surface area contributed by atoms with Gasteiger partial charge in [0.1, 0.15) is 12.4 Å². The van der Waals surface area contributed by atoms with E-state index in [1.807, 2.05) is 47.4 Å². The molecule has 2 atom stereocenters. The van der Waals surface area contributed by atoms with Crippen molar-refractivity contribution in [3.63, 3.8) is 0 Å². The highest BCUT2D eigenvalue weighted by molar-refractivity contribution is 6.07. The number of hydrogen-bond acceptors (Lipinski definition) is 8. The third kappa shape index (κ3) is 5.30. The summed E-state index contributed by atoms with van der Waals surface area (Å²) >= 11 is 0. The van der Waals surface area contributed by atoms with Crippen LogP contribution in [0.3, 0.4) is 0 Å². The van der Waals surface area contributed by atoms with E-state index in [1.165, 1.54) is 0 Å². The summed E-state index contributed by atoms with van der Waals surface area (Å²) in [5.41, 5.74) is 2.34. The van der Waals surface area contributed by atoms with Crippen molar-refractivity contribution in [3.05, 3.63) is 59.3 Å². The Bertz CT molecular complexity index is 1510. The number of hydrogen-bond donors (Lipinski definition) is 0. The molecule has 2 saturated heterocycles. The molecule has 0 N–H and O–H groups in total. The molecular formula is C31H35N7O3. The van der Waals surface area contributed by atoms with Gasteiger partial charge in [0.2, 0.25) is 5.91 Å². The van der Waals surface area contributed by atoms with Gasteiger partial charge in [0, 0.05) is 43.7 Å². The van der Waals surface area contributed by atoms with Crippen LogP contribution in [0.15, 0.2) is 42.5 Å². The number of ether oxygens (including phenoxy) is 1. The number of fused-ring (bicyclic) bond motifs is 2. The van der Waals surface area contributed by atoms with Gasteiger partial charge in [-0.3, -0.25) is 9.59 Å². The Labute approximate surface area is 240 Å². The number of nitriles is 1. The molecule has 3 aromatic rings. The lowest BCUT2D eigenvalue weighted by molar-refractivity contribution is -0.131. The van der Waals surface area contributed by atoms with Gasteiger partial charge in [-0.15, -0.1) is 0 Å². The monoisotopic (exact) mass is 553 g/mol. The molecule has 10 heteroatoms. The maximum absolute atomic E-state index is 13.8. The minimum absolute atomic E-state index is 0.0330. The molecule has 1 aromatic heterocycles. The Morgan fingerprint density at radius 1 is 1.05 bits per heavy atom. The van der Waals surface area contributed by atoms with E-state index in [1.54, 1.807) is 11.8 Å². The first-order valence-corrected chi connectivity index (χ1v) is 14.3. The van der Waals surface area contributed by atoms with Gasteiger partial charge in [0.25, 0.3) is 5.91 Å². The number of likely N-dealkylation sites (tertiary alicyclic amines) is 1. The largest absolute Gasteiger partial charge is 0.462 e. The molecule has 0 unspecified atom stereocenters. The molecule has 0 aliphatic carbocycles. The highest BCUT2D eigenvalue weighted by atomic mass is 16.5. The summed E-state index contributed by atoms with van der Waals surface area (Å²) in [6, 6.07) is 16.3. The van der Waals surface area contributed by atoms with E-state index in [0.717, 1.165) is 47.2 Å². The number of anilines is 1. The maximum atomic E-state index is 13.8. The average molecular weight is 554 g/mol. The standard InChI is InChI=1S/C31H35N7O3/c1-21(39)38-16-15-36(17-23(38)12-13-32)29-27-18-37(30(40)26-11-5-8-22-7-3-4-10-25(22)26)19-28(27)33-31(34-29)41-20-24-9-6-14-35(24)2/h3-5,7-8,10-11,23-24H,6,9,12,14-20H2,1-2H3/t23-,24-/m0/s1. The van der Waals surface area contributed by atoms with E-state index in [2.05, 4.69) is 22.9 Å². The average Bonchev–Trinajstić information content (AvgIpc) is 3.60. The van der Waals surface area contributed by atoms with Gasteiger partial charge in [-0.1, -0.05) is 36.4 Å². The van der Waals surface area contributed by atoms with Gasteiger partial charge < -0.3 is 24.3 Å². The topological polar surface area (TPSA) is 106 Å². The highest BCUT2D eigenvalue weighted by Gasteiger charge is 2.35. The third-order valence-electron chi connectivity index (χ3n) is 8.64.